The Labute approximate surface area is 152 Å². The summed E-state index contributed by atoms with van der Waals surface area (Å²) >= 11 is 3.49. The van der Waals surface area contributed by atoms with E-state index in [4.69, 9.17) is 0 Å². The van der Waals surface area contributed by atoms with Crippen LogP contribution in [0.3, 0.4) is 0 Å². The SMILES string of the molecule is Oc1[nH]c2ccc(Br)cc2c1C(=Nc1cnccn1)c1ccccc1. The van der Waals surface area contributed by atoms with E-state index < -0.39 is 0 Å². The highest BCUT2D eigenvalue weighted by Gasteiger charge is 2.19. The van der Waals surface area contributed by atoms with Crippen molar-refractivity contribution in [2.24, 2.45) is 4.99 Å². The molecule has 4 aromatic rings. The third kappa shape index (κ3) is 3.04. The number of halogens is 1. The molecule has 2 heterocycles. The average Bonchev–Trinajstić information content (AvgIpc) is 2.96. The number of hydrogen-bond donors (Lipinski definition) is 2. The summed E-state index contributed by atoms with van der Waals surface area (Å²) in [5.74, 6) is 0.546. The first kappa shape index (κ1) is 15.5. The van der Waals surface area contributed by atoms with Gasteiger partial charge in [-0.15, -0.1) is 0 Å². The zero-order valence-corrected chi connectivity index (χ0v) is 14.6. The number of nitrogens with one attached hydrogen (secondary N) is 1. The number of aliphatic imine (C=N–C) groups is 1. The summed E-state index contributed by atoms with van der Waals surface area (Å²) < 4.78 is 0.923. The van der Waals surface area contributed by atoms with Gasteiger partial charge in [0.05, 0.1) is 17.5 Å². The Balaban J connectivity index is 2.01. The lowest BCUT2D eigenvalue weighted by Crippen LogP contribution is -2.03. The molecule has 0 unspecified atom stereocenters. The molecule has 0 atom stereocenters. The summed E-state index contributed by atoms with van der Waals surface area (Å²) in [7, 11) is 0. The lowest BCUT2D eigenvalue weighted by Gasteiger charge is -2.07. The monoisotopic (exact) mass is 392 g/mol. The lowest BCUT2D eigenvalue weighted by molar-refractivity contribution is 0.457. The minimum Gasteiger partial charge on any atom is -0.494 e. The van der Waals surface area contributed by atoms with Gasteiger partial charge in [0.25, 0.3) is 0 Å². The fourth-order valence-corrected chi connectivity index (χ4v) is 3.08. The molecule has 2 aromatic heterocycles. The number of aromatic hydroxyl groups is 1. The molecule has 0 saturated carbocycles. The van der Waals surface area contributed by atoms with Crippen LogP contribution < -0.4 is 0 Å². The van der Waals surface area contributed by atoms with Crippen LogP contribution in [0.15, 0.2) is 76.6 Å². The van der Waals surface area contributed by atoms with Crippen molar-refractivity contribution in [3.8, 4) is 5.88 Å². The molecule has 25 heavy (non-hydrogen) atoms. The molecule has 0 aliphatic heterocycles. The first-order valence-corrected chi connectivity index (χ1v) is 8.42. The molecule has 0 radical (unpaired) electrons. The van der Waals surface area contributed by atoms with E-state index >= 15 is 0 Å². The predicted octanol–water partition coefficient (Wildman–Crippen LogP) is 4.60. The van der Waals surface area contributed by atoms with Crippen LogP contribution in [0, 0.1) is 0 Å². The standard InChI is InChI=1S/C19H13BrN4O/c20-13-6-7-15-14(10-13)17(19(25)23-15)18(12-4-2-1-3-5-12)24-16-11-21-8-9-22-16/h1-11,23,25H. The van der Waals surface area contributed by atoms with E-state index in [9.17, 15) is 5.11 Å². The summed E-state index contributed by atoms with van der Waals surface area (Å²) in [6.07, 6.45) is 4.78. The molecule has 5 nitrogen and oxygen atoms in total. The maximum absolute atomic E-state index is 10.5. The Kier molecular flexibility index (Phi) is 4.03. The van der Waals surface area contributed by atoms with Gasteiger partial charge in [-0.05, 0) is 18.2 Å². The second kappa shape index (κ2) is 6.49. The molecular formula is C19H13BrN4O. The van der Waals surface area contributed by atoms with Gasteiger partial charge in [0, 0.05) is 33.3 Å². The van der Waals surface area contributed by atoms with Crippen LogP contribution in [-0.2, 0) is 0 Å². The van der Waals surface area contributed by atoms with Crippen molar-refractivity contribution >= 4 is 38.4 Å². The number of rotatable bonds is 3. The van der Waals surface area contributed by atoms with Crippen molar-refractivity contribution in [3.63, 3.8) is 0 Å². The van der Waals surface area contributed by atoms with E-state index in [-0.39, 0.29) is 5.88 Å². The van der Waals surface area contributed by atoms with Gasteiger partial charge in [-0.2, -0.15) is 0 Å². The minimum atomic E-state index is 0.0691. The van der Waals surface area contributed by atoms with E-state index in [0.29, 0.717) is 17.1 Å². The first-order valence-electron chi connectivity index (χ1n) is 7.63. The lowest BCUT2D eigenvalue weighted by atomic mass is 10.0. The zero-order chi connectivity index (χ0) is 17.2. The third-order valence-corrected chi connectivity index (χ3v) is 4.29. The molecule has 0 amide bonds. The predicted molar refractivity (Wildman–Crippen MR) is 101 cm³/mol. The van der Waals surface area contributed by atoms with Crippen LogP contribution in [-0.4, -0.2) is 25.8 Å². The molecule has 0 saturated heterocycles. The van der Waals surface area contributed by atoms with Crippen LogP contribution in [0.5, 0.6) is 5.88 Å². The quantitative estimate of drug-likeness (QED) is 0.500. The summed E-state index contributed by atoms with van der Waals surface area (Å²) in [4.78, 5) is 16.0. The van der Waals surface area contributed by atoms with Gasteiger partial charge in [-0.1, -0.05) is 46.3 Å². The van der Waals surface area contributed by atoms with E-state index in [1.54, 1.807) is 18.6 Å². The van der Waals surface area contributed by atoms with Crippen molar-refractivity contribution in [3.05, 3.63) is 82.7 Å². The molecule has 2 aromatic carbocycles. The van der Waals surface area contributed by atoms with Crippen LogP contribution in [0.25, 0.3) is 10.9 Å². The Hall–Kier alpha value is -2.99. The molecular weight excluding hydrogens is 380 g/mol. The zero-order valence-electron chi connectivity index (χ0n) is 13.0. The van der Waals surface area contributed by atoms with Gasteiger partial charge in [0.15, 0.2) is 11.7 Å². The molecule has 0 spiro atoms. The smallest absolute Gasteiger partial charge is 0.199 e. The van der Waals surface area contributed by atoms with Crippen molar-refractivity contribution in [1.29, 1.82) is 0 Å². The number of benzene rings is 2. The number of hydrogen-bond acceptors (Lipinski definition) is 4. The van der Waals surface area contributed by atoms with Crippen molar-refractivity contribution in [2.45, 2.75) is 0 Å². The minimum absolute atomic E-state index is 0.0691. The molecule has 0 fully saturated rings. The fraction of sp³-hybridized carbons (Fsp3) is 0. The maximum Gasteiger partial charge on any atom is 0.199 e. The average molecular weight is 393 g/mol. The summed E-state index contributed by atoms with van der Waals surface area (Å²) in [5, 5.41) is 11.4. The largest absolute Gasteiger partial charge is 0.494 e. The van der Waals surface area contributed by atoms with Gasteiger partial charge in [-0.3, -0.25) is 4.98 Å². The Bertz CT molecular complexity index is 1060. The van der Waals surface area contributed by atoms with Gasteiger partial charge >= 0.3 is 0 Å². The number of nitrogens with zero attached hydrogens (tertiary/aromatic N) is 3. The number of aromatic nitrogens is 3. The Morgan fingerprint density at radius 2 is 1.92 bits per heavy atom. The van der Waals surface area contributed by atoms with Crippen molar-refractivity contribution < 1.29 is 5.11 Å². The Morgan fingerprint density at radius 3 is 2.68 bits per heavy atom. The first-order chi connectivity index (χ1) is 12.2. The van der Waals surface area contributed by atoms with Gasteiger partial charge in [0.2, 0.25) is 0 Å². The molecule has 0 aliphatic carbocycles. The normalized spacial score (nSPS) is 11.8. The third-order valence-electron chi connectivity index (χ3n) is 3.80. The number of fused-ring (bicyclic) bond motifs is 1. The second-order valence-electron chi connectivity index (χ2n) is 5.43. The summed E-state index contributed by atoms with van der Waals surface area (Å²) in [6.45, 7) is 0. The van der Waals surface area contributed by atoms with Crippen LogP contribution in [0.2, 0.25) is 0 Å². The maximum atomic E-state index is 10.5. The van der Waals surface area contributed by atoms with E-state index in [1.165, 1.54) is 0 Å². The highest BCUT2D eigenvalue weighted by atomic mass is 79.9. The highest BCUT2D eigenvalue weighted by Crippen LogP contribution is 2.32. The molecule has 0 bridgehead atoms. The molecule has 6 heteroatoms. The fourth-order valence-electron chi connectivity index (χ4n) is 2.71. The summed E-state index contributed by atoms with van der Waals surface area (Å²) in [6, 6.07) is 15.5. The van der Waals surface area contributed by atoms with E-state index in [0.717, 1.165) is 20.9 Å². The van der Waals surface area contributed by atoms with Gasteiger partial charge in [0.1, 0.15) is 0 Å². The Morgan fingerprint density at radius 1 is 1.08 bits per heavy atom. The summed E-state index contributed by atoms with van der Waals surface area (Å²) in [5.41, 5.74) is 2.97. The number of H-pyrrole nitrogens is 1. The molecule has 2 N–H and O–H groups in total. The molecule has 122 valence electrons. The highest BCUT2D eigenvalue weighted by molar-refractivity contribution is 9.10. The van der Waals surface area contributed by atoms with Crippen molar-refractivity contribution in [2.75, 3.05) is 0 Å². The molecule has 4 rings (SSSR count). The van der Waals surface area contributed by atoms with Gasteiger partial charge < -0.3 is 10.1 Å². The van der Waals surface area contributed by atoms with E-state index in [1.807, 2.05) is 48.5 Å². The van der Waals surface area contributed by atoms with E-state index in [2.05, 4.69) is 35.9 Å². The second-order valence-corrected chi connectivity index (χ2v) is 6.34. The van der Waals surface area contributed by atoms with Gasteiger partial charge in [-0.25, -0.2) is 9.98 Å². The number of aromatic amines is 1. The van der Waals surface area contributed by atoms with Crippen LogP contribution >= 0.6 is 15.9 Å². The topological polar surface area (TPSA) is 74.2 Å². The van der Waals surface area contributed by atoms with Crippen LogP contribution in [0.1, 0.15) is 11.1 Å². The van der Waals surface area contributed by atoms with Crippen molar-refractivity contribution in [1.82, 2.24) is 15.0 Å². The van der Waals surface area contributed by atoms with Crippen LogP contribution in [0.4, 0.5) is 5.82 Å². The molecule has 0 aliphatic rings.